The largest absolute Gasteiger partial charge is 0.412 e. The van der Waals surface area contributed by atoms with Crippen molar-refractivity contribution >= 4 is 11.6 Å². The van der Waals surface area contributed by atoms with E-state index < -0.39 is 11.7 Å². The van der Waals surface area contributed by atoms with Gasteiger partial charge in [-0.15, -0.1) is 11.6 Å². The van der Waals surface area contributed by atoms with Gasteiger partial charge in [0.15, 0.2) is 0 Å². The molecule has 0 heterocycles. The van der Waals surface area contributed by atoms with Crippen molar-refractivity contribution in [3.8, 4) is 0 Å². The third kappa shape index (κ3) is 4.27. The molecule has 0 aliphatic carbocycles. The molecule has 0 aromatic heterocycles. The minimum atomic E-state index is -4.28. The fraction of sp³-hybridized carbons (Fsp3) is 0.667. The van der Waals surface area contributed by atoms with E-state index in [-0.39, 0.29) is 18.8 Å². The molecule has 0 aromatic rings. The number of halogens is 4. The van der Waals surface area contributed by atoms with Gasteiger partial charge in [-0.1, -0.05) is 6.08 Å². The first-order valence-electron chi connectivity index (χ1n) is 3.04. The zero-order valence-electron chi connectivity index (χ0n) is 5.79. The molecule has 1 nitrogen and oxygen atoms in total. The minimum Gasteiger partial charge on any atom is -0.327 e. The van der Waals surface area contributed by atoms with Crippen molar-refractivity contribution in [2.75, 3.05) is 12.4 Å². The number of hydrogen-bond acceptors (Lipinski definition) is 1. The molecule has 0 aliphatic rings. The van der Waals surface area contributed by atoms with Gasteiger partial charge in [0.2, 0.25) is 0 Å². The van der Waals surface area contributed by atoms with Crippen LogP contribution in [0, 0.1) is 0 Å². The standard InChI is InChI=1S/C6H9ClF3N/c7-3-1-5(2-4-11)6(8,9)10/h2H,1,3-4,11H2/b5-2+. The van der Waals surface area contributed by atoms with E-state index in [0.29, 0.717) is 0 Å². The topological polar surface area (TPSA) is 26.0 Å². The van der Waals surface area contributed by atoms with Crippen LogP contribution in [0.3, 0.4) is 0 Å². The van der Waals surface area contributed by atoms with Crippen LogP contribution in [0.25, 0.3) is 0 Å². The first-order valence-corrected chi connectivity index (χ1v) is 3.58. The highest BCUT2D eigenvalue weighted by atomic mass is 35.5. The van der Waals surface area contributed by atoms with Crippen LogP contribution in [0.5, 0.6) is 0 Å². The van der Waals surface area contributed by atoms with Gasteiger partial charge in [-0.3, -0.25) is 0 Å². The molecule has 0 aliphatic heterocycles. The van der Waals surface area contributed by atoms with Gasteiger partial charge in [-0.25, -0.2) is 0 Å². The van der Waals surface area contributed by atoms with Gasteiger partial charge in [0, 0.05) is 18.0 Å². The van der Waals surface area contributed by atoms with Crippen molar-refractivity contribution in [1.82, 2.24) is 0 Å². The summed E-state index contributed by atoms with van der Waals surface area (Å²) in [7, 11) is 0. The van der Waals surface area contributed by atoms with E-state index in [9.17, 15) is 13.2 Å². The normalized spacial score (nSPS) is 13.7. The number of allylic oxidation sites excluding steroid dienone is 1. The molecule has 5 heteroatoms. The summed E-state index contributed by atoms with van der Waals surface area (Å²) in [5, 5.41) is 0. The van der Waals surface area contributed by atoms with E-state index in [1.54, 1.807) is 0 Å². The van der Waals surface area contributed by atoms with Crippen molar-refractivity contribution in [3.05, 3.63) is 11.6 Å². The minimum absolute atomic E-state index is 0.0364. The summed E-state index contributed by atoms with van der Waals surface area (Å²) in [6.45, 7) is -0.105. The Morgan fingerprint density at radius 2 is 2.00 bits per heavy atom. The predicted octanol–water partition coefficient (Wildman–Crippen LogP) is 2.06. The Morgan fingerprint density at radius 1 is 1.45 bits per heavy atom. The van der Waals surface area contributed by atoms with Crippen molar-refractivity contribution in [1.29, 1.82) is 0 Å². The summed E-state index contributed by atoms with van der Waals surface area (Å²) in [5.74, 6) is -0.0364. The molecule has 0 radical (unpaired) electrons. The fourth-order valence-electron chi connectivity index (χ4n) is 0.604. The van der Waals surface area contributed by atoms with Crippen LogP contribution in [-0.4, -0.2) is 18.6 Å². The first-order chi connectivity index (χ1) is 5.02. The highest BCUT2D eigenvalue weighted by Crippen LogP contribution is 2.27. The van der Waals surface area contributed by atoms with Crippen molar-refractivity contribution in [3.63, 3.8) is 0 Å². The third-order valence-electron chi connectivity index (χ3n) is 1.09. The second-order valence-corrected chi connectivity index (χ2v) is 2.28. The maximum absolute atomic E-state index is 11.9. The summed E-state index contributed by atoms with van der Waals surface area (Å²) in [6, 6.07) is 0. The van der Waals surface area contributed by atoms with E-state index in [1.165, 1.54) is 0 Å². The van der Waals surface area contributed by atoms with Crippen LogP contribution in [0.1, 0.15) is 6.42 Å². The van der Waals surface area contributed by atoms with Gasteiger partial charge in [-0.2, -0.15) is 13.2 Å². The van der Waals surface area contributed by atoms with E-state index in [4.69, 9.17) is 17.3 Å². The number of alkyl halides is 4. The Morgan fingerprint density at radius 3 is 2.27 bits per heavy atom. The van der Waals surface area contributed by atoms with Crippen LogP contribution < -0.4 is 5.73 Å². The predicted molar refractivity (Wildman–Crippen MR) is 38.5 cm³/mol. The molecule has 0 spiro atoms. The van der Waals surface area contributed by atoms with Crippen LogP contribution in [0.15, 0.2) is 11.6 Å². The van der Waals surface area contributed by atoms with Gasteiger partial charge >= 0.3 is 6.18 Å². The molecule has 11 heavy (non-hydrogen) atoms. The van der Waals surface area contributed by atoms with Gasteiger partial charge in [0.1, 0.15) is 0 Å². The molecule has 0 saturated heterocycles. The molecular weight excluding hydrogens is 179 g/mol. The van der Waals surface area contributed by atoms with Crippen LogP contribution >= 0.6 is 11.6 Å². The molecule has 0 fully saturated rings. The number of nitrogens with two attached hydrogens (primary N) is 1. The average Bonchev–Trinajstić information content (AvgIpc) is 1.85. The van der Waals surface area contributed by atoms with E-state index >= 15 is 0 Å². The van der Waals surface area contributed by atoms with Gasteiger partial charge < -0.3 is 5.73 Å². The Bertz CT molecular complexity index is 141. The highest BCUT2D eigenvalue weighted by Gasteiger charge is 2.32. The summed E-state index contributed by atoms with van der Waals surface area (Å²) in [6.07, 6.45) is -3.51. The summed E-state index contributed by atoms with van der Waals surface area (Å²) >= 11 is 5.16. The number of hydrogen-bond donors (Lipinski definition) is 1. The molecule has 0 saturated carbocycles. The Hall–Kier alpha value is -0.220. The monoisotopic (exact) mass is 187 g/mol. The quantitative estimate of drug-likeness (QED) is 0.531. The molecule has 66 valence electrons. The second-order valence-electron chi connectivity index (χ2n) is 1.90. The smallest absolute Gasteiger partial charge is 0.327 e. The SMILES string of the molecule is NC/C=C(\CCCl)C(F)(F)F. The van der Waals surface area contributed by atoms with Gasteiger partial charge in [0.05, 0.1) is 0 Å². The zero-order chi connectivity index (χ0) is 8.91. The molecule has 0 bridgehead atoms. The lowest BCUT2D eigenvalue weighted by Crippen LogP contribution is -2.14. The summed E-state index contributed by atoms with van der Waals surface area (Å²) in [4.78, 5) is 0. The maximum atomic E-state index is 11.9. The fourth-order valence-corrected chi connectivity index (χ4v) is 0.807. The molecular formula is C6H9ClF3N. The van der Waals surface area contributed by atoms with Crippen molar-refractivity contribution in [2.45, 2.75) is 12.6 Å². The summed E-state index contributed by atoms with van der Waals surface area (Å²) < 4.78 is 35.7. The lowest BCUT2D eigenvalue weighted by atomic mass is 10.2. The average molecular weight is 188 g/mol. The van der Waals surface area contributed by atoms with Crippen LogP contribution in [0.4, 0.5) is 13.2 Å². The summed E-state index contributed by atoms with van der Waals surface area (Å²) in [5.41, 5.74) is 4.29. The molecule has 0 rings (SSSR count). The molecule has 2 N–H and O–H groups in total. The third-order valence-corrected chi connectivity index (χ3v) is 1.28. The Labute approximate surface area is 68.0 Å². The Kier molecular flexibility index (Phi) is 4.52. The molecule has 0 atom stereocenters. The van der Waals surface area contributed by atoms with E-state index in [0.717, 1.165) is 6.08 Å². The lowest BCUT2D eigenvalue weighted by Gasteiger charge is -2.09. The van der Waals surface area contributed by atoms with Gasteiger partial charge in [0.25, 0.3) is 0 Å². The van der Waals surface area contributed by atoms with Crippen LogP contribution in [-0.2, 0) is 0 Å². The zero-order valence-corrected chi connectivity index (χ0v) is 6.54. The molecule has 0 amide bonds. The van der Waals surface area contributed by atoms with Crippen LogP contribution in [0.2, 0.25) is 0 Å². The Balaban J connectivity index is 4.22. The molecule has 0 unspecified atom stereocenters. The molecule has 0 aromatic carbocycles. The number of rotatable bonds is 3. The second kappa shape index (κ2) is 4.62. The van der Waals surface area contributed by atoms with E-state index in [2.05, 4.69) is 0 Å². The van der Waals surface area contributed by atoms with Crippen molar-refractivity contribution < 1.29 is 13.2 Å². The maximum Gasteiger partial charge on any atom is 0.412 e. The lowest BCUT2D eigenvalue weighted by molar-refractivity contribution is -0.0936. The first kappa shape index (κ1) is 10.8. The van der Waals surface area contributed by atoms with Crippen molar-refractivity contribution in [2.24, 2.45) is 5.73 Å². The van der Waals surface area contributed by atoms with Gasteiger partial charge in [-0.05, 0) is 6.42 Å². The highest BCUT2D eigenvalue weighted by molar-refractivity contribution is 6.18. The van der Waals surface area contributed by atoms with E-state index in [1.807, 2.05) is 0 Å².